The minimum Gasteiger partial charge on any atom is -0.393 e. The fourth-order valence-electron chi connectivity index (χ4n) is 1.02. The van der Waals surface area contributed by atoms with E-state index < -0.39 is 0 Å². The molecule has 1 fully saturated rings. The van der Waals surface area contributed by atoms with E-state index in [1.165, 1.54) is 0 Å². The molecule has 2 heteroatoms. The van der Waals surface area contributed by atoms with E-state index in [1.807, 2.05) is 6.92 Å². The zero-order valence-electron chi connectivity index (χ0n) is 4.52. The first-order chi connectivity index (χ1) is 3.10. The molecule has 1 saturated carbocycles. The Morgan fingerprint density at radius 2 is 2.14 bits per heavy atom. The summed E-state index contributed by atoms with van der Waals surface area (Å²) in [7, 11) is 0. The summed E-state index contributed by atoms with van der Waals surface area (Å²) in [5.74, 6) is 0. The Labute approximate surface area is 43.3 Å². The van der Waals surface area contributed by atoms with E-state index in [4.69, 9.17) is 10.8 Å². The molecule has 0 saturated heterocycles. The normalized spacial score (nSPS) is 51.0. The Morgan fingerprint density at radius 3 is 2.14 bits per heavy atom. The van der Waals surface area contributed by atoms with Crippen molar-refractivity contribution in [3.05, 3.63) is 0 Å². The molecule has 7 heavy (non-hydrogen) atoms. The number of hydrogen-bond donors (Lipinski definition) is 2. The molecule has 0 heterocycles. The SMILES string of the molecule is C[C@]1(N)C[C@H](O)C1. The smallest absolute Gasteiger partial charge is 0.0575 e. The lowest BCUT2D eigenvalue weighted by molar-refractivity contribution is 0.0323. The lowest BCUT2D eigenvalue weighted by atomic mass is 9.77. The van der Waals surface area contributed by atoms with E-state index >= 15 is 0 Å². The Hall–Kier alpha value is -0.0800. The summed E-state index contributed by atoms with van der Waals surface area (Å²) < 4.78 is 0. The molecule has 3 N–H and O–H groups in total. The van der Waals surface area contributed by atoms with Crippen LogP contribution in [0.3, 0.4) is 0 Å². The van der Waals surface area contributed by atoms with Crippen molar-refractivity contribution in [2.45, 2.75) is 31.4 Å². The summed E-state index contributed by atoms with van der Waals surface area (Å²) in [6.07, 6.45) is 1.43. The van der Waals surface area contributed by atoms with E-state index in [9.17, 15) is 0 Å². The molecule has 0 aromatic heterocycles. The van der Waals surface area contributed by atoms with Gasteiger partial charge in [0.2, 0.25) is 0 Å². The summed E-state index contributed by atoms with van der Waals surface area (Å²) in [5.41, 5.74) is 5.50. The minimum atomic E-state index is -0.116. The monoisotopic (exact) mass is 101 g/mol. The van der Waals surface area contributed by atoms with Gasteiger partial charge in [-0.2, -0.15) is 0 Å². The van der Waals surface area contributed by atoms with Gasteiger partial charge in [-0.3, -0.25) is 0 Å². The average Bonchev–Trinajstić information content (AvgIpc) is 1.27. The van der Waals surface area contributed by atoms with E-state index in [0.29, 0.717) is 0 Å². The van der Waals surface area contributed by atoms with Crippen molar-refractivity contribution in [1.29, 1.82) is 0 Å². The first-order valence-corrected chi connectivity index (χ1v) is 2.57. The van der Waals surface area contributed by atoms with Crippen molar-refractivity contribution in [2.24, 2.45) is 5.73 Å². The van der Waals surface area contributed by atoms with Crippen LogP contribution in [0, 0.1) is 0 Å². The molecule has 42 valence electrons. The molecule has 2 nitrogen and oxygen atoms in total. The van der Waals surface area contributed by atoms with Gasteiger partial charge in [0.25, 0.3) is 0 Å². The van der Waals surface area contributed by atoms with Crippen LogP contribution in [0.15, 0.2) is 0 Å². The van der Waals surface area contributed by atoms with Crippen LogP contribution in [-0.4, -0.2) is 16.7 Å². The van der Waals surface area contributed by atoms with Crippen molar-refractivity contribution in [2.75, 3.05) is 0 Å². The van der Waals surface area contributed by atoms with Crippen LogP contribution >= 0.6 is 0 Å². The molecule has 0 radical (unpaired) electrons. The molecule has 1 rings (SSSR count). The molecular weight excluding hydrogens is 90.1 g/mol. The summed E-state index contributed by atoms with van der Waals surface area (Å²) in [6.45, 7) is 1.96. The number of hydrogen-bond acceptors (Lipinski definition) is 2. The van der Waals surface area contributed by atoms with Gasteiger partial charge in [0.15, 0.2) is 0 Å². The highest BCUT2D eigenvalue weighted by atomic mass is 16.3. The van der Waals surface area contributed by atoms with Crippen LogP contribution in [0.2, 0.25) is 0 Å². The van der Waals surface area contributed by atoms with E-state index in [1.54, 1.807) is 0 Å². The Kier molecular flexibility index (Phi) is 0.869. The fourth-order valence-corrected chi connectivity index (χ4v) is 1.02. The fraction of sp³-hybridized carbons (Fsp3) is 1.00. The molecule has 0 aromatic rings. The van der Waals surface area contributed by atoms with Gasteiger partial charge in [-0.05, 0) is 19.8 Å². The second-order valence-electron chi connectivity index (χ2n) is 2.72. The Balaban J connectivity index is 2.29. The molecule has 0 bridgehead atoms. The first kappa shape index (κ1) is 5.06. The predicted octanol–water partition coefficient (Wildman–Crippen LogP) is -0.142. The van der Waals surface area contributed by atoms with Crippen molar-refractivity contribution < 1.29 is 5.11 Å². The predicted molar refractivity (Wildman–Crippen MR) is 27.8 cm³/mol. The molecule has 0 atom stereocenters. The summed E-state index contributed by atoms with van der Waals surface area (Å²) in [4.78, 5) is 0. The van der Waals surface area contributed by atoms with Gasteiger partial charge in [-0.1, -0.05) is 0 Å². The van der Waals surface area contributed by atoms with Crippen LogP contribution in [0.4, 0.5) is 0 Å². The van der Waals surface area contributed by atoms with Gasteiger partial charge >= 0.3 is 0 Å². The molecule has 0 unspecified atom stereocenters. The third-order valence-electron chi connectivity index (χ3n) is 1.40. The summed E-state index contributed by atoms with van der Waals surface area (Å²) >= 11 is 0. The summed E-state index contributed by atoms with van der Waals surface area (Å²) in [6, 6.07) is 0. The summed E-state index contributed by atoms with van der Waals surface area (Å²) in [5, 5.41) is 8.70. The van der Waals surface area contributed by atoms with Gasteiger partial charge in [0, 0.05) is 5.54 Å². The standard InChI is InChI=1S/C5H11NO/c1-5(6)2-4(7)3-5/h4,7H,2-3,6H2,1H3/t4-,5-. The van der Waals surface area contributed by atoms with Crippen LogP contribution in [0.25, 0.3) is 0 Å². The van der Waals surface area contributed by atoms with Gasteiger partial charge in [0.05, 0.1) is 6.10 Å². The maximum atomic E-state index is 8.70. The molecule has 1 aliphatic rings. The Bertz CT molecular complexity index is 72.1. The topological polar surface area (TPSA) is 46.2 Å². The molecule has 1 aliphatic carbocycles. The zero-order valence-corrected chi connectivity index (χ0v) is 4.52. The number of aliphatic hydroxyl groups excluding tert-OH is 1. The van der Waals surface area contributed by atoms with Crippen LogP contribution < -0.4 is 5.73 Å². The van der Waals surface area contributed by atoms with Gasteiger partial charge in [-0.25, -0.2) is 0 Å². The van der Waals surface area contributed by atoms with E-state index in [0.717, 1.165) is 12.8 Å². The number of rotatable bonds is 0. The lowest BCUT2D eigenvalue weighted by Gasteiger charge is -2.38. The number of nitrogens with two attached hydrogens (primary N) is 1. The van der Waals surface area contributed by atoms with Crippen molar-refractivity contribution in [3.63, 3.8) is 0 Å². The first-order valence-electron chi connectivity index (χ1n) is 2.57. The molecule has 0 spiro atoms. The third kappa shape index (κ3) is 0.924. The minimum absolute atomic E-state index is 0.0561. The van der Waals surface area contributed by atoms with E-state index in [2.05, 4.69) is 0 Å². The second-order valence-corrected chi connectivity index (χ2v) is 2.72. The highest BCUT2D eigenvalue weighted by molar-refractivity contribution is 4.94. The van der Waals surface area contributed by atoms with E-state index in [-0.39, 0.29) is 11.6 Å². The quantitative estimate of drug-likeness (QED) is 0.446. The second kappa shape index (κ2) is 1.20. The molecular formula is C5H11NO. The Morgan fingerprint density at radius 1 is 1.71 bits per heavy atom. The maximum Gasteiger partial charge on any atom is 0.0575 e. The highest BCUT2D eigenvalue weighted by Crippen LogP contribution is 2.28. The lowest BCUT2D eigenvalue weighted by Crippen LogP contribution is -2.51. The van der Waals surface area contributed by atoms with Crippen LogP contribution in [0.5, 0.6) is 0 Å². The van der Waals surface area contributed by atoms with Crippen LogP contribution in [0.1, 0.15) is 19.8 Å². The van der Waals surface area contributed by atoms with Gasteiger partial charge in [-0.15, -0.1) is 0 Å². The van der Waals surface area contributed by atoms with Crippen molar-refractivity contribution in [3.8, 4) is 0 Å². The number of aliphatic hydroxyl groups is 1. The molecule has 0 aromatic carbocycles. The van der Waals surface area contributed by atoms with Crippen molar-refractivity contribution >= 4 is 0 Å². The maximum absolute atomic E-state index is 8.70. The average molecular weight is 101 g/mol. The van der Waals surface area contributed by atoms with Gasteiger partial charge in [0.1, 0.15) is 0 Å². The van der Waals surface area contributed by atoms with Crippen LogP contribution in [-0.2, 0) is 0 Å². The highest BCUT2D eigenvalue weighted by Gasteiger charge is 2.34. The molecule has 0 amide bonds. The van der Waals surface area contributed by atoms with Crippen molar-refractivity contribution in [1.82, 2.24) is 0 Å². The third-order valence-corrected chi connectivity index (χ3v) is 1.40. The largest absolute Gasteiger partial charge is 0.393 e. The zero-order chi connectivity index (χ0) is 5.49. The molecule has 0 aliphatic heterocycles. The van der Waals surface area contributed by atoms with Gasteiger partial charge < -0.3 is 10.8 Å².